The third-order valence-electron chi connectivity index (χ3n) is 6.18. The molecule has 2 heterocycles. The van der Waals surface area contributed by atoms with Crippen LogP contribution in [0, 0.1) is 10.1 Å². The Labute approximate surface area is 209 Å². The number of nitro groups is 1. The van der Waals surface area contributed by atoms with Gasteiger partial charge in [0.1, 0.15) is 11.5 Å². The molecule has 2 aromatic carbocycles. The van der Waals surface area contributed by atoms with Gasteiger partial charge in [0.05, 0.1) is 19.1 Å². The van der Waals surface area contributed by atoms with Gasteiger partial charge in [-0.15, -0.1) is 0 Å². The van der Waals surface area contributed by atoms with E-state index in [9.17, 15) is 14.9 Å². The molecular formula is C26H29N5O5. The summed E-state index contributed by atoms with van der Waals surface area (Å²) in [6, 6.07) is 16.0. The largest absolute Gasteiger partial charge is 0.493 e. The first kappa shape index (κ1) is 24.8. The first-order valence-electron chi connectivity index (χ1n) is 11.7. The van der Waals surface area contributed by atoms with Crippen LogP contribution in [0.15, 0.2) is 60.8 Å². The van der Waals surface area contributed by atoms with E-state index < -0.39 is 4.92 Å². The highest BCUT2D eigenvalue weighted by atomic mass is 16.6. The van der Waals surface area contributed by atoms with E-state index in [0.29, 0.717) is 56.3 Å². The Bertz CT molecular complexity index is 1210. The van der Waals surface area contributed by atoms with Gasteiger partial charge in [-0.3, -0.25) is 14.9 Å². The molecular weight excluding hydrogens is 462 g/mol. The van der Waals surface area contributed by atoms with Gasteiger partial charge < -0.3 is 24.6 Å². The number of amides is 1. The third-order valence-corrected chi connectivity index (χ3v) is 6.18. The van der Waals surface area contributed by atoms with Gasteiger partial charge in [-0.1, -0.05) is 12.1 Å². The molecule has 0 radical (unpaired) electrons. The molecule has 1 fully saturated rings. The van der Waals surface area contributed by atoms with Gasteiger partial charge in [0.2, 0.25) is 0 Å². The predicted octanol–water partition coefficient (Wildman–Crippen LogP) is 3.31. The molecule has 1 aromatic heterocycles. The van der Waals surface area contributed by atoms with Crippen molar-refractivity contribution in [2.24, 2.45) is 0 Å². The number of carbonyl (C=O) groups excluding carboxylic acids is 1. The van der Waals surface area contributed by atoms with E-state index in [2.05, 4.69) is 15.2 Å². The maximum atomic E-state index is 12.7. The van der Waals surface area contributed by atoms with Gasteiger partial charge in [-0.05, 0) is 48.4 Å². The number of nitrogens with one attached hydrogen (secondary N) is 1. The van der Waals surface area contributed by atoms with Crippen molar-refractivity contribution in [2.45, 2.75) is 6.42 Å². The van der Waals surface area contributed by atoms with Crippen molar-refractivity contribution < 1.29 is 19.2 Å². The van der Waals surface area contributed by atoms with Gasteiger partial charge in [0.15, 0.2) is 11.5 Å². The van der Waals surface area contributed by atoms with E-state index in [1.54, 1.807) is 32.5 Å². The fraction of sp³-hybridized carbons (Fsp3) is 0.308. The molecule has 1 aliphatic rings. The van der Waals surface area contributed by atoms with E-state index in [-0.39, 0.29) is 17.2 Å². The van der Waals surface area contributed by atoms with Gasteiger partial charge in [0.25, 0.3) is 11.6 Å². The number of hydrogen-bond donors (Lipinski definition) is 1. The average Bonchev–Trinajstić information content (AvgIpc) is 2.93. The number of carbonyl (C=O) groups is 1. The number of methoxy groups -OCH3 is 2. The summed E-state index contributed by atoms with van der Waals surface area (Å²) in [5.41, 5.74) is 1.67. The molecule has 1 amide bonds. The van der Waals surface area contributed by atoms with E-state index in [0.717, 1.165) is 11.4 Å². The van der Waals surface area contributed by atoms with Crippen LogP contribution in [-0.4, -0.2) is 62.8 Å². The Morgan fingerprint density at radius 1 is 1.00 bits per heavy atom. The SMILES string of the molecule is COc1ccc(CCNC(=O)c2ccc(N3CCN(c4ccccn4)CC3)c([N+](=O)[O-])c2)cc1OC. The number of hydrogen-bond acceptors (Lipinski definition) is 8. The van der Waals surface area contributed by atoms with E-state index in [4.69, 9.17) is 9.47 Å². The summed E-state index contributed by atoms with van der Waals surface area (Å²) in [6.07, 6.45) is 2.33. The topological polar surface area (TPSA) is 110 Å². The number of benzene rings is 2. The fourth-order valence-corrected chi connectivity index (χ4v) is 4.25. The molecule has 3 aromatic rings. The molecule has 1 aliphatic heterocycles. The van der Waals surface area contributed by atoms with Crippen molar-refractivity contribution in [3.63, 3.8) is 0 Å². The number of rotatable bonds is 9. The number of pyridine rings is 1. The van der Waals surface area contributed by atoms with Crippen molar-refractivity contribution in [3.8, 4) is 11.5 Å². The fourth-order valence-electron chi connectivity index (χ4n) is 4.25. The van der Waals surface area contributed by atoms with Crippen LogP contribution in [0.2, 0.25) is 0 Å². The lowest BCUT2D eigenvalue weighted by Gasteiger charge is -2.36. The monoisotopic (exact) mass is 491 g/mol. The normalized spacial score (nSPS) is 13.3. The minimum Gasteiger partial charge on any atom is -0.493 e. The van der Waals surface area contributed by atoms with Crippen LogP contribution in [0.5, 0.6) is 11.5 Å². The predicted molar refractivity (Wildman–Crippen MR) is 137 cm³/mol. The maximum Gasteiger partial charge on any atom is 0.293 e. The lowest BCUT2D eigenvalue weighted by Crippen LogP contribution is -2.47. The molecule has 0 aliphatic carbocycles. The lowest BCUT2D eigenvalue weighted by molar-refractivity contribution is -0.384. The molecule has 0 atom stereocenters. The Balaban J connectivity index is 1.38. The maximum absolute atomic E-state index is 12.7. The van der Waals surface area contributed by atoms with Crippen molar-refractivity contribution >= 4 is 23.1 Å². The summed E-state index contributed by atoms with van der Waals surface area (Å²) < 4.78 is 10.6. The van der Waals surface area contributed by atoms with Crippen molar-refractivity contribution in [1.82, 2.24) is 10.3 Å². The molecule has 36 heavy (non-hydrogen) atoms. The second-order valence-corrected chi connectivity index (χ2v) is 8.32. The lowest BCUT2D eigenvalue weighted by atomic mass is 10.1. The summed E-state index contributed by atoms with van der Waals surface area (Å²) in [7, 11) is 3.14. The number of nitro benzene ring substituents is 1. The highest BCUT2D eigenvalue weighted by Crippen LogP contribution is 2.31. The summed E-state index contributed by atoms with van der Waals surface area (Å²) in [5.74, 6) is 1.79. The quantitative estimate of drug-likeness (QED) is 0.359. The highest BCUT2D eigenvalue weighted by Gasteiger charge is 2.25. The minimum absolute atomic E-state index is 0.0752. The second-order valence-electron chi connectivity index (χ2n) is 8.32. The van der Waals surface area contributed by atoms with Crippen LogP contribution >= 0.6 is 0 Å². The molecule has 4 rings (SSSR count). The number of anilines is 2. The second kappa shape index (κ2) is 11.4. The van der Waals surface area contributed by atoms with E-state index in [1.807, 2.05) is 41.3 Å². The highest BCUT2D eigenvalue weighted by molar-refractivity contribution is 5.95. The Hall–Kier alpha value is -4.34. The summed E-state index contributed by atoms with van der Waals surface area (Å²) in [6.45, 7) is 3.01. The molecule has 0 saturated carbocycles. The summed E-state index contributed by atoms with van der Waals surface area (Å²) in [5, 5.41) is 14.7. The zero-order chi connectivity index (χ0) is 25.5. The Kier molecular flexibility index (Phi) is 7.84. The minimum atomic E-state index is -0.430. The number of piperazine rings is 1. The Morgan fingerprint density at radius 2 is 1.75 bits per heavy atom. The molecule has 1 saturated heterocycles. The molecule has 10 nitrogen and oxygen atoms in total. The number of aromatic nitrogens is 1. The van der Waals surface area contributed by atoms with Crippen molar-refractivity contribution in [3.05, 3.63) is 82.0 Å². The van der Waals surface area contributed by atoms with Gasteiger partial charge in [0, 0.05) is 50.6 Å². The summed E-state index contributed by atoms with van der Waals surface area (Å²) in [4.78, 5) is 32.6. The molecule has 1 N–H and O–H groups in total. The van der Waals surface area contributed by atoms with Crippen molar-refractivity contribution in [2.75, 3.05) is 56.7 Å². The van der Waals surface area contributed by atoms with Crippen LogP contribution < -0.4 is 24.6 Å². The van der Waals surface area contributed by atoms with Crippen LogP contribution in [0.1, 0.15) is 15.9 Å². The first-order valence-corrected chi connectivity index (χ1v) is 11.7. The first-order chi connectivity index (χ1) is 17.5. The van der Waals surface area contributed by atoms with Crippen LogP contribution in [0.4, 0.5) is 17.2 Å². The number of nitrogens with zero attached hydrogens (tertiary/aromatic N) is 4. The zero-order valence-electron chi connectivity index (χ0n) is 20.3. The Morgan fingerprint density at radius 3 is 2.42 bits per heavy atom. The third kappa shape index (κ3) is 5.65. The van der Waals surface area contributed by atoms with Crippen LogP contribution in [0.3, 0.4) is 0 Å². The zero-order valence-corrected chi connectivity index (χ0v) is 20.3. The summed E-state index contributed by atoms with van der Waals surface area (Å²) >= 11 is 0. The standard InChI is InChI=1S/C26H29N5O5/c1-35-23-9-6-19(17-24(23)36-2)10-12-28-26(32)20-7-8-21(22(18-20)31(33)34)29-13-15-30(16-14-29)25-5-3-4-11-27-25/h3-9,11,17-18H,10,12-16H2,1-2H3,(H,28,32). The van der Waals surface area contributed by atoms with E-state index >= 15 is 0 Å². The average molecular weight is 492 g/mol. The number of ether oxygens (including phenoxy) is 2. The van der Waals surface area contributed by atoms with Gasteiger partial charge >= 0.3 is 0 Å². The molecule has 0 bridgehead atoms. The smallest absolute Gasteiger partial charge is 0.293 e. The molecule has 0 unspecified atom stereocenters. The van der Waals surface area contributed by atoms with Gasteiger partial charge in [-0.2, -0.15) is 0 Å². The molecule has 188 valence electrons. The van der Waals surface area contributed by atoms with Crippen molar-refractivity contribution in [1.29, 1.82) is 0 Å². The molecule has 10 heteroatoms. The molecule has 0 spiro atoms. The van der Waals surface area contributed by atoms with E-state index in [1.165, 1.54) is 6.07 Å². The van der Waals surface area contributed by atoms with Crippen LogP contribution in [-0.2, 0) is 6.42 Å². The van der Waals surface area contributed by atoms with Gasteiger partial charge in [-0.25, -0.2) is 4.98 Å². The van der Waals surface area contributed by atoms with Crippen LogP contribution in [0.25, 0.3) is 0 Å².